The van der Waals surface area contributed by atoms with Crippen molar-refractivity contribution in [3.8, 4) is 0 Å². The summed E-state index contributed by atoms with van der Waals surface area (Å²) in [7, 11) is 0. The fourth-order valence-electron chi connectivity index (χ4n) is 2.98. The molecule has 0 bridgehead atoms. The first-order valence-corrected chi connectivity index (χ1v) is 7.97. The van der Waals surface area contributed by atoms with Gasteiger partial charge in [0.15, 0.2) is 0 Å². The van der Waals surface area contributed by atoms with Gasteiger partial charge in [-0.15, -0.1) is 0 Å². The minimum absolute atomic E-state index is 0.253. The number of carboxylic acid groups (broad SMARTS) is 1. The van der Waals surface area contributed by atoms with E-state index in [4.69, 9.17) is 22.4 Å². The normalized spacial score (nSPS) is 18.8. The van der Waals surface area contributed by atoms with Crippen LogP contribution in [-0.2, 0) is 0 Å². The lowest BCUT2D eigenvalue weighted by Crippen LogP contribution is -2.46. The second-order valence-corrected chi connectivity index (χ2v) is 6.26. The SMILES string of the molecule is CC(N)c1nc2cccc(Cl)c2c(=O)n1N1CCC(NC(=O)O)C1. The average Bonchev–Trinajstić information content (AvgIpc) is 2.93. The van der Waals surface area contributed by atoms with Gasteiger partial charge in [-0.2, -0.15) is 0 Å². The highest BCUT2D eigenvalue weighted by Crippen LogP contribution is 2.21. The molecule has 4 N–H and O–H groups in total. The summed E-state index contributed by atoms with van der Waals surface area (Å²) >= 11 is 6.18. The summed E-state index contributed by atoms with van der Waals surface area (Å²) in [6.45, 7) is 2.63. The number of halogens is 1. The summed E-state index contributed by atoms with van der Waals surface area (Å²) in [6, 6.07) is 4.37. The number of hydrogen-bond acceptors (Lipinski definition) is 5. The van der Waals surface area contributed by atoms with E-state index in [0.29, 0.717) is 41.3 Å². The summed E-state index contributed by atoms with van der Waals surface area (Å²) in [6.07, 6.45) is -0.487. The van der Waals surface area contributed by atoms with Crippen LogP contribution in [0, 0.1) is 0 Å². The van der Waals surface area contributed by atoms with Crippen molar-refractivity contribution in [1.29, 1.82) is 0 Å². The molecule has 1 amide bonds. The van der Waals surface area contributed by atoms with Gasteiger partial charge in [0.1, 0.15) is 5.82 Å². The van der Waals surface area contributed by atoms with Crippen LogP contribution in [0.2, 0.25) is 5.02 Å². The van der Waals surface area contributed by atoms with Gasteiger partial charge >= 0.3 is 6.09 Å². The second-order valence-electron chi connectivity index (χ2n) is 5.86. The third-order valence-corrected chi connectivity index (χ3v) is 4.35. The molecule has 128 valence electrons. The zero-order chi connectivity index (χ0) is 17.4. The summed E-state index contributed by atoms with van der Waals surface area (Å²) in [5, 5.41) is 13.7. The Bertz CT molecular complexity index is 851. The number of hydrogen-bond donors (Lipinski definition) is 3. The minimum Gasteiger partial charge on any atom is -0.465 e. The molecule has 2 unspecified atom stereocenters. The Balaban J connectivity index is 2.11. The average molecular weight is 352 g/mol. The van der Waals surface area contributed by atoms with Gasteiger partial charge in [0, 0.05) is 6.54 Å². The topological polar surface area (TPSA) is 113 Å². The zero-order valence-electron chi connectivity index (χ0n) is 13.1. The molecule has 0 radical (unpaired) electrons. The molecule has 9 heteroatoms. The van der Waals surface area contributed by atoms with E-state index in [9.17, 15) is 9.59 Å². The van der Waals surface area contributed by atoms with Crippen molar-refractivity contribution >= 4 is 28.6 Å². The molecule has 0 aliphatic carbocycles. The summed E-state index contributed by atoms with van der Waals surface area (Å²) in [5.41, 5.74) is 6.20. The van der Waals surface area contributed by atoms with Gasteiger partial charge in [-0.05, 0) is 25.5 Å². The fourth-order valence-corrected chi connectivity index (χ4v) is 3.23. The molecule has 8 nitrogen and oxygen atoms in total. The molecule has 2 heterocycles. The molecule has 1 aromatic carbocycles. The molecular weight excluding hydrogens is 334 g/mol. The predicted octanol–water partition coefficient (Wildman–Crippen LogP) is 1.05. The first-order chi connectivity index (χ1) is 11.4. The summed E-state index contributed by atoms with van der Waals surface area (Å²) in [5.74, 6) is 0.422. The molecule has 3 rings (SSSR count). The van der Waals surface area contributed by atoms with Crippen LogP contribution < -0.4 is 21.6 Å². The number of aromatic nitrogens is 2. The molecular formula is C15H18ClN5O3. The van der Waals surface area contributed by atoms with Gasteiger partial charge < -0.3 is 21.2 Å². The number of benzene rings is 1. The molecule has 24 heavy (non-hydrogen) atoms. The number of nitrogens with one attached hydrogen (secondary N) is 1. The molecule has 0 spiro atoms. The van der Waals surface area contributed by atoms with E-state index >= 15 is 0 Å². The van der Waals surface area contributed by atoms with Crippen LogP contribution in [0.15, 0.2) is 23.0 Å². The number of carbonyl (C=O) groups is 1. The van der Waals surface area contributed by atoms with Gasteiger partial charge in [-0.25, -0.2) is 14.5 Å². The van der Waals surface area contributed by atoms with E-state index in [0.717, 1.165) is 0 Å². The Hall–Kier alpha value is -2.32. The van der Waals surface area contributed by atoms with Crippen molar-refractivity contribution in [1.82, 2.24) is 15.0 Å². The van der Waals surface area contributed by atoms with E-state index in [1.54, 1.807) is 30.1 Å². The van der Waals surface area contributed by atoms with Crippen LogP contribution in [0.1, 0.15) is 25.2 Å². The molecule has 1 aromatic heterocycles. The number of amides is 1. The van der Waals surface area contributed by atoms with Crippen LogP contribution in [0.4, 0.5) is 4.79 Å². The van der Waals surface area contributed by atoms with Crippen molar-refractivity contribution in [2.45, 2.75) is 25.4 Å². The lowest BCUT2D eigenvalue weighted by Gasteiger charge is -2.25. The van der Waals surface area contributed by atoms with Crippen LogP contribution >= 0.6 is 11.6 Å². The lowest BCUT2D eigenvalue weighted by molar-refractivity contribution is 0.190. The van der Waals surface area contributed by atoms with Gasteiger partial charge in [-0.1, -0.05) is 17.7 Å². The number of nitrogens with two attached hydrogens (primary N) is 1. The van der Waals surface area contributed by atoms with Crippen LogP contribution in [-0.4, -0.2) is 40.0 Å². The second kappa shape index (κ2) is 6.29. The van der Waals surface area contributed by atoms with Crippen molar-refractivity contribution in [3.05, 3.63) is 39.4 Å². The summed E-state index contributed by atoms with van der Waals surface area (Å²) < 4.78 is 1.43. The first-order valence-electron chi connectivity index (χ1n) is 7.60. The van der Waals surface area contributed by atoms with Crippen LogP contribution in [0.3, 0.4) is 0 Å². The Labute approximate surface area is 142 Å². The van der Waals surface area contributed by atoms with E-state index < -0.39 is 12.1 Å². The molecule has 1 saturated heterocycles. The lowest BCUT2D eigenvalue weighted by atomic mass is 10.2. The monoisotopic (exact) mass is 351 g/mol. The zero-order valence-corrected chi connectivity index (χ0v) is 13.8. The van der Waals surface area contributed by atoms with Gasteiger partial charge in [0.25, 0.3) is 5.56 Å². The van der Waals surface area contributed by atoms with Crippen LogP contribution in [0.25, 0.3) is 10.9 Å². The highest BCUT2D eigenvalue weighted by molar-refractivity contribution is 6.35. The van der Waals surface area contributed by atoms with Crippen molar-refractivity contribution in [2.75, 3.05) is 18.1 Å². The van der Waals surface area contributed by atoms with Crippen molar-refractivity contribution < 1.29 is 9.90 Å². The quantitative estimate of drug-likeness (QED) is 0.761. The van der Waals surface area contributed by atoms with Crippen molar-refractivity contribution in [2.24, 2.45) is 5.73 Å². The molecule has 2 atom stereocenters. The van der Waals surface area contributed by atoms with E-state index in [1.165, 1.54) is 4.68 Å². The molecule has 2 aromatic rings. The largest absolute Gasteiger partial charge is 0.465 e. The van der Waals surface area contributed by atoms with E-state index in [-0.39, 0.29) is 11.6 Å². The smallest absolute Gasteiger partial charge is 0.404 e. The number of fused-ring (bicyclic) bond motifs is 1. The highest BCUT2D eigenvalue weighted by Gasteiger charge is 2.28. The highest BCUT2D eigenvalue weighted by atomic mass is 35.5. The van der Waals surface area contributed by atoms with Crippen LogP contribution in [0.5, 0.6) is 0 Å². The Morgan fingerprint density at radius 2 is 2.29 bits per heavy atom. The van der Waals surface area contributed by atoms with Gasteiger partial charge in [0.05, 0.1) is 34.6 Å². The molecule has 0 saturated carbocycles. The van der Waals surface area contributed by atoms with Crippen molar-refractivity contribution in [3.63, 3.8) is 0 Å². The molecule has 1 aliphatic rings. The Kier molecular flexibility index (Phi) is 4.33. The predicted molar refractivity (Wildman–Crippen MR) is 91.1 cm³/mol. The van der Waals surface area contributed by atoms with E-state index in [2.05, 4.69) is 10.3 Å². The maximum absolute atomic E-state index is 13.0. The van der Waals surface area contributed by atoms with Gasteiger partial charge in [0.2, 0.25) is 0 Å². The summed E-state index contributed by atoms with van der Waals surface area (Å²) in [4.78, 5) is 28.3. The first kappa shape index (κ1) is 16.5. The fraction of sp³-hybridized carbons (Fsp3) is 0.400. The standard InChI is InChI=1S/C15H18ClN5O3/c1-8(17)13-19-11-4-2-3-10(16)12(11)14(22)21(13)20-6-5-9(7-20)18-15(23)24/h2-4,8-9,18H,5-7,17H2,1H3,(H,23,24). The maximum atomic E-state index is 13.0. The molecule has 1 fully saturated rings. The third-order valence-electron chi connectivity index (χ3n) is 4.03. The number of nitrogens with zero attached hydrogens (tertiary/aromatic N) is 3. The Morgan fingerprint density at radius 3 is 2.96 bits per heavy atom. The third kappa shape index (κ3) is 2.90. The number of rotatable bonds is 3. The van der Waals surface area contributed by atoms with Gasteiger partial charge in [-0.3, -0.25) is 4.79 Å². The minimum atomic E-state index is -1.08. The van der Waals surface area contributed by atoms with E-state index in [1.807, 2.05) is 0 Å². The Morgan fingerprint density at radius 1 is 1.54 bits per heavy atom. The molecule has 1 aliphatic heterocycles. The maximum Gasteiger partial charge on any atom is 0.404 e.